The molecule has 1 amide bonds. The Balaban J connectivity index is 1.55. The molecule has 0 aliphatic carbocycles. The third-order valence-corrected chi connectivity index (χ3v) is 6.33. The van der Waals surface area contributed by atoms with E-state index in [1.54, 1.807) is 9.58 Å². The first-order chi connectivity index (χ1) is 15.6. The number of carbonyl (C=O) groups excluding carboxylic acids is 1. The average Bonchev–Trinajstić information content (AvgIpc) is 3.27. The number of rotatable bonds is 7. The molecule has 4 aromatic rings. The van der Waals surface area contributed by atoms with Crippen LogP contribution in [0.1, 0.15) is 28.3 Å². The van der Waals surface area contributed by atoms with E-state index in [1.165, 1.54) is 11.8 Å². The van der Waals surface area contributed by atoms with E-state index in [4.69, 9.17) is 0 Å². The summed E-state index contributed by atoms with van der Waals surface area (Å²) in [4.78, 5) is 15.0. The number of benzene rings is 3. The van der Waals surface area contributed by atoms with E-state index in [0.29, 0.717) is 5.16 Å². The zero-order valence-corrected chi connectivity index (χ0v) is 19.2. The molecule has 0 radical (unpaired) electrons. The molecule has 6 nitrogen and oxygen atoms in total. The molecule has 0 saturated heterocycles. The van der Waals surface area contributed by atoms with E-state index < -0.39 is 0 Å². The first kappa shape index (κ1) is 21.8. The van der Waals surface area contributed by atoms with Gasteiger partial charge >= 0.3 is 0 Å². The summed E-state index contributed by atoms with van der Waals surface area (Å²) in [5.74, 6) is 0.238. The molecular weight excluding hydrogens is 418 g/mol. The lowest BCUT2D eigenvalue weighted by molar-refractivity contribution is -0.128. The lowest BCUT2D eigenvalue weighted by Crippen LogP contribution is -2.33. The van der Waals surface area contributed by atoms with Crippen LogP contribution in [-0.2, 0) is 4.79 Å². The molecule has 0 fully saturated rings. The van der Waals surface area contributed by atoms with Crippen LogP contribution in [0.3, 0.4) is 0 Å². The number of aromatic nitrogens is 4. The fraction of sp³-hybridized carbons (Fsp3) is 0.200. The monoisotopic (exact) mass is 443 g/mol. The number of hydrogen-bond donors (Lipinski definition) is 0. The van der Waals surface area contributed by atoms with Gasteiger partial charge in [0.05, 0.1) is 17.5 Å². The molecular formula is C25H25N5OS. The van der Waals surface area contributed by atoms with Gasteiger partial charge in [0.15, 0.2) is 0 Å². The van der Waals surface area contributed by atoms with Crippen molar-refractivity contribution in [3.05, 3.63) is 101 Å². The zero-order chi connectivity index (χ0) is 22.5. The van der Waals surface area contributed by atoms with Crippen LogP contribution in [0.2, 0.25) is 0 Å². The molecule has 3 aromatic carbocycles. The second kappa shape index (κ2) is 9.78. The number of amides is 1. The number of carbonyl (C=O) groups is 1. The van der Waals surface area contributed by atoms with Crippen molar-refractivity contribution < 1.29 is 4.79 Å². The summed E-state index contributed by atoms with van der Waals surface area (Å²) in [5, 5.41) is 12.8. The summed E-state index contributed by atoms with van der Waals surface area (Å²) in [6.07, 6.45) is 0. The van der Waals surface area contributed by atoms with Crippen molar-refractivity contribution in [1.82, 2.24) is 25.1 Å². The van der Waals surface area contributed by atoms with Crippen LogP contribution in [0.5, 0.6) is 0 Å². The summed E-state index contributed by atoms with van der Waals surface area (Å²) in [5.41, 5.74) is 5.25. The lowest BCUT2D eigenvalue weighted by Gasteiger charge is -2.29. The second-order valence-corrected chi connectivity index (χ2v) is 8.57. The molecule has 7 heteroatoms. The number of thioether (sulfide) groups is 1. The number of para-hydroxylation sites is 1. The van der Waals surface area contributed by atoms with Crippen molar-refractivity contribution >= 4 is 17.7 Å². The minimum Gasteiger partial charge on any atom is -0.334 e. The Morgan fingerprint density at radius 3 is 2.03 bits per heavy atom. The minimum absolute atomic E-state index is 0.00348. The van der Waals surface area contributed by atoms with E-state index in [-0.39, 0.29) is 17.7 Å². The van der Waals surface area contributed by atoms with Crippen LogP contribution in [-0.4, -0.2) is 43.8 Å². The van der Waals surface area contributed by atoms with E-state index in [0.717, 1.165) is 27.9 Å². The summed E-state index contributed by atoms with van der Waals surface area (Å²) in [7, 11) is 1.85. The van der Waals surface area contributed by atoms with Crippen molar-refractivity contribution in [3.8, 4) is 5.69 Å². The number of hydrogen-bond acceptors (Lipinski definition) is 5. The van der Waals surface area contributed by atoms with E-state index in [2.05, 4.69) is 39.8 Å². The highest BCUT2D eigenvalue weighted by Crippen LogP contribution is 2.29. The van der Waals surface area contributed by atoms with Crippen LogP contribution < -0.4 is 0 Å². The van der Waals surface area contributed by atoms with Crippen LogP contribution in [0.4, 0.5) is 0 Å². The molecule has 0 bridgehead atoms. The first-order valence-corrected chi connectivity index (χ1v) is 11.4. The summed E-state index contributed by atoms with van der Waals surface area (Å²) >= 11 is 1.35. The van der Waals surface area contributed by atoms with Crippen LogP contribution in [0.15, 0.2) is 84.0 Å². The number of aryl methyl sites for hydroxylation is 2. The fourth-order valence-electron chi connectivity index (χ4n) is 3.83. The van der Waals surface area contributed by atoms with Gasteiger partial charge < -0.3 is 4.90 Å². The highest BCUT2D eigenvalue weighted by Gasteiger charge is 2.24. The minimum atomic E-state index is -0.167. The average molecular weight is 444 g/mol. The van der Waals surface area contributed by atoms with Crippen molar-refractivity contribution in [2.24, 2.45) is 0 Å². The van der Waals surface area contributed by atoms with E-state index in [9.17, 15) is 4.79 Å². The highest BCUT2D eigenvalue weighted by atomic mass is 32.2. The van der Waals surface area contributed by atoms with Gasteiger partial charge in [-0.25, -0.2) is 0 Å². The first-order valence-electron chi connectivity index (χ1n) is 10.4. The fourth-order valence-corrected chi connectivity index (χ4v) is 4.63. The summed E-state index contributed by atoms with van der Waals surface area (Å²) in [6, 6.07) is 26.1. The van der Waals surface area contributed by atoms with Gasteiger partial charge in [-0.1, -0.05) is 90.6 Å². The number of nitrogens with zero attached hydrogens (tertiary/aromatic N) is 5. The maximum absolute atomic E-state index is 13.2. The van der Waals surface area contributed by atoms with Crippen molar-refractivity contribution in [1.29, 1.82) is 0 Å². The molecule has 0 aliphatic rings. The molecule has 0 saturated carbocycles. The SMILES string of the molecule is Cc1cccc(C)c1-n1nnnc1SCC(=O)N(C)C(c1ccccc1)c1ccccc1. The zero-order valence-electron chi connectivity index (χ0n) is 18.3. The standard InChI is InChI=1S/C25H25N5OS/c1-18-11-10-12-19(2)23(18)30-25(26-27-28-30)32-17-22(31)29(3)24(20-13-6-4-7-14-20)21-15-8-5-9-16-21/h4-16,24H,17H2,1-3H3. The van der Waals surface area contributed by atoms with Crippen LogP contribution in [0, 0.1) is 13.8 Å². The van der Waals surface area contributed by atoms with Gasteiger partial charge in [0, 0.05) is 7.05 Å². The molecule has 0 aliphatic heterocycles. The van der Waals surface area contributed by atoms with Crippen LogP contribution >= 0.6 is 11.8 Å². The van der Waals surface area contributed by atoms with Gasteiger partial charge in [-0.3, -0.25) is 4.79 Å². The van der Waals surface area contributed by atoms with Gasteiger partial charge in [-0.15, -0.1) is 5.10 Å². The molecule has 0 spiro atoms. The van der Waals surface area contributed by atoms with Crippen molar-refractivity contribution in [2.45, 2.75) is 25.0 Å². The molecule has 1 heterocycles. The lowest BCUT2D eigenvalue weighted by atomic mass is 9.97. The van der Waals surface area contributed by atoms with E-state index in [1.807, 2.05) is 75.5 Å². The van der Waals surface area contributed by atoms with E-state index >= 15 is 0 Å². The molecule has 4 rings (SSSR count). The summed E-state index contributed by atoms with van der Waals surface area (Å²) in [6.45, 7) is 4.06. The normalized spacial score (nSPS) is 11.0. The Labute approximate surface area is 192 Å². The molecule has 0 N–H and O–H groups in total. The Hall–Kier alpha value is -3.45. The van der Waals surface area contributed by atoms with Gasteiger partial charge in [-0.2, -0.15) is 4.68 Å². The van der Waals surface area contributed by atoms with Crippen molar-refractivity contribution in [2.75, 3.05) is 12.8 Å². The molecule has 0 unspecified atom stereocenters. The quantitative estimate of drug-likeness (QED) is 0.390. The predicted octanol–water partition coefficient (Wildman–Crippen LogP) is 4.62. The maximum atomic E-state index is 13.2. The maximum Gasteiger partial charge on any atom is 0.233 e. The predicted molar refractivity (Wildman–Crippen MR) is 127 cm³/mol. The Morgan fingerprint density at radius 1 is 0.906 bits per heavy atom. The van der Waals surface area contributed by atoms with Gasteiger partial charge in [0.25, 0.3) is 0 Å². The number of tetrazole rings is 1. The van der Waals surface area contributed by atoms with Gasteiger partial charge in [0.2, 0.25) is 11.1 Å². The Morgan fingerprint density at radius 2 is 1.47 bits per heavy atom. The van der Waals surface area contributed by atoms with Gasteiger partial charge in [0.1, 0.15) is 0 Å². The van der Waals surface area contributed by atoms with Gasteiger partial charge in [-0.05, 0) is 46.5 Å². The molecule has 162 valence electrons. The largest absolute Gasteiger partial charge is 0.334 e. The topological polar surface area (TPSA) is 63.9 Å². The third kappa shape index (κ3) is 4.57. The van der Waals surface area contributed by atoms with Crippen LogP contribution in [0.25, 0.3) is 5.69 Å². The Kier molecular flexibility index (Phi) is 6.66. The second-order valence-electron chi connectivity index (χ2n) is 7.63. The summed E-state index contributed by atoms with van der Waals surface area (Å²) < 4.78 is 1.72. The third-order valence-electron chi connectivity index (χ3n) is 5.43. The molecule has 1 aromatic heterocycles. The molecule has 32 heavy (non-hydrogen) atoms. The van der Waals surface area contributed by atoms with Crippen molar-refractivity contribution in [3.63, 3.8) is 0 Å². The Bertz CT molecular complexity index is 1130. The highest BCUT2D eigenvalue weighted by molar-refractivity contribution is 7.99. The molecule has 0 atom stereocenters. The smallest absolute Gasteiger partial charge is 0.233 e.